The first-order valence-corrected chi connectivity index (χ1v) is 6.45. The molecule has 0 aliphatic carbocycles. The Morgan fingerprint density at radius 1 is 1.19 bits per heavy atom. The van der Waals surface area contributed by atoms with Gasteiger partial charge in [0.05, 0.1) is 11.0 Å². The molecule has 0 bridgehead atoms. The molecule has 2 N–H and O–H groups in total. The van der Waals surface area contributed by atoms with Gasteiger partial charge < -0.3 is 10.4 Å². The number of aliphatic hydroxyl groups excluding tert-OH is 1. The lowest BCUT2D eigenvalue weighted by Gasteiger charge is -2.13. The maximum atomic E-state index is 13.5. The zero-order chi connectivity index (χ0) is 15.2. The van der Waals surface area contributed by atoms with E-state index < -0.39 is 16.8 Å². The summed E-state index contributed by atoms with van der Waals surface area (Å²) in [6.07, 6.45) is -1.01. The molecule has 1 unspecified atom stereocenters. The Hall–Kier alpha value is -2.31. The molecule has 0 radical (unpaired) electrons. The van der Waals surface area contributed by atoms with Gasteiger partial charge in [-0.05, 0) is 6.07 Å². The van der Waals surface area contributed by atoms with Crippen LogP contribution >= 0.6 is 0 Å². The van der Waals surface area contributed by atoms with Crippen molar-refractivity contribution in [3.8, 4) is 0 Å². The molecule has 0 amide bonds. The third-order valence-electron chi connectivity index (χ3n) is 3.11. The number of nitro benzene ring substituents is 1. The van der Waals surface area contributed by atoms with Crippen molar-refractivity contribution in [3.63, 3.8) is 0 Å². The molecule has 0 saturated carbocycles. The Morgan fingerprint density at radius 3 is 2.57 bits per heavy atom. The first-order chi connectivity index (χ1) is 10.1. The normalized spacial score (nSPS) is 12.1. The van der Waals surface area contributed by atoms with Crippen molar-refractivity contribution in [1.82, 2.24) is 5.32 Å². The molecular formula is C15H15FN2O3. The summed E-state index contributed by atoms with van der Waals surface area (Å²) in [5.41, 5.74) is 0.737. The summed E-state index contributed by atoms with van der Waals surface area (Å²) < 4.78 is 13.5. The van der Waals surface area contributed by atoms with E-state index in [-0.39, 0.29) is 24.3 Å². The molecular weight excluding hydrogens is 275 g/mol. The fourth-order valence-corrected chi connectivity index (χ4v) is 2.04. The molecule has 2 aromatic carbocycles. The van der Waals surface area contributed by atoms with E-state index in [0.717, 1.165) is 0 Å². The molecule has 21 heavy (non-hydrogen) atoms. The van der Waals surface area contributed by atoms with Gasteiger partial charge in [0, 0.05) is 30.3 Å². The molecule has 0 fully saturated rings. The van der Waals surface area contributed by atoms with Gasteiger partial charge >= 0.3 is 0 Å². The van der Waals surface area contributed by atoms with Crippen molar-refractivity contribution in [1.29, 1.82) is 0 Å². The van der Waals surface area contributed by atoms with Crippen LogP contribution in [0.1, 0.15) is 17.2 Å². The Morgan fingerprint density at radius 2 is 1.86 bits per heavy atom. The minimum Gasteiger partial charge on any atom is -0.387 e. The van der Waals surface area contributed by atoms with Crippen molar-refractivity contribution < 1.29 is 14.4 Å². The van der Waals surface area contributed by atoms with Gasteiger partial charge in [0.25, 0.3) is 5.69 Å². The molecule has 0 aliphatic rings. The Balaban J connectivity index is 1.96. The van der Waals surface area contributed by atoms with Crippen LogP contribution in [-0.2, 0) is 6.54 Å². The maximum absolute atomic E-state index is 13.5. The number of benzene rings is 2. The highest BCUT2D eigenvalue weighted by molar-refractivity contribution is 5.39. The molecule has 0 saturated heterocycles. The van der Waals surface area contributed by atoms with Crippen LogP contribution in [0.3, 0.4) is 0 Å². The van der Waals surface area contributed by atoms with Gasteiger partial charge in [-0.15, -0.1) is 0 Å². The van der Waals surface area contributed by atoms with E-state index in [9.17, 15) is 19.6 Å². The standard InChI is InChI=1S/C15H15FN2O3/c16-13-7-3-2-6-12(13)15(19)10-17-9-11-5-1-4-8-14(11)18(20)21/h1-8,15,17,19H,9-10H2. The van der Waals surface area contributed by atoms with Gasteiger partial charge in [0.2, 0.25) is 0 Å². The second-order valence-corrected chi connectivity index (χ2v) is 4.55. The van der Waals surface area contributed by atoms with Crippen LogP contribution in [0.2, 0.25) is 0 Å². The van der Waals surface area contributed by atoms with E-state index >= 15 is 0 Å². The second kappa shape index (κ2) is 6.92. The number of rotatable bonds is 6. The van der Waals surface area contributed by atoms with Crippen molar-refractivity contribution in [2.24, 2.45) is 0 Å². The number of nitro groups is 1. The van der Waals surface area contributed by atoms with E-state index in [0.29, 0.717) is 5.56 Å². The topological polar surface area (TPSA) is 75.4 Å². The van der Waals surface area contributed by atoms with Crippen LogP contribution in [0.5, 0.6) is 0 Å². The average Bonchev–Trinajstić information content (AvgIpc) is 2.48. The Kier molecular flexibility index (Phi) is 4.97. The highest BCUT2D eigenvalue weighted by Gasteiger charge is 2.14. The van der Waals surface area contributed by atoms with Gasteiger partial charge in [0.1, 0.15) is 5.82 Å². The van der Waals surface area contributed by atoms with E-state index in [1.165, 1.54) is 18.2 Å². The third-order valence-corrected chi connectivity index (χ3v) is 3.11. The quantitative estimate of drug-likeness (QED) is 0.633. The fourth-order valence-electron chi connectivity index (χ4n) is 2.04. The highest BCUT2D eigenvalue weighted by Crippen LogP contribution is 2.18. The predicted molar refractivity (Wildman–Crippen MR) is 76.2 cm³/mol. The summed E-state index contributed by atoms with van der Waals surface area (Å²) in [6.45, 7) is 0.329. The lowest BCUT2D eigenvalue weighted by Crippen LogP contribution is -2.22. The highest BCUT2D eigenvalue weighted by atomic mass is 19.1. The summed E-state index contributed by atoms with van der Waals surface area (Å²) in [7, 11) is 0. The van der Waals surface area contributed by atoms with Crippen LogP contribution in [-0.4, -0.2) is 16.6 Å². The molecule has 0 heterocycles. The van der Waals surface area contributed by atoms with Gasteiger partial charge in [-0.25, -0.2) is 4.39 Å². The number of nitrogens with one attached hydrogen (secondary N) is 1. The second-order valence-electron chi connectivity index (χ2n) is 4.55. The number of hydrogen-bond donors (Lipinski definition) is 2. The van der Waals surface area contributed by atoms with E-state index in [2.05, 4.69) is 5.32 Å². The van der Waals surface area contributed by atoms with Crippen LogP contribution < -0.4 is 5.32 Å². The van der Waals surface area contributed by atoms with E-state index in [1.54, 1.807) is 30.3 Å². The Labute approximate surface area is 121 Å². The number of hydrogen-bond acceptors (Lipinski definition) is 4. The smallest absolute Gasteiger partial charge is 0.273 e. The molecule has 1 atom stereocenters. The predicted octanol–water partition coefficient (Wildman–Crippen LogP) is 2.56. The zero-order valence-electron chi connectivity index (χ0n) is 11.2. The van der Waals surface area contributed by atoms with Gasteiger partial charge in [-0.1, -0.05) is 36.4 Å². The van der Waals surface area contributed by atoms with Gasteiger partial charge in [-0.3, -0.25) is 10.1 Å². The average molecular weight is 290 g/mol. The fraction of sp³-hybridized carbons (Fsp3) is 0.200. The number of nitrogens with zero attached hydrogens (tertiary/aromatic N) is 1. The first kappa shape index (κ1) is 15.1. The molecule has 6 heteroatoms. The molecule has 2 rings (SSSR count). The van der Waals surface area contributed by atoms with Crippen molar-refractivity contribution in [2.75, 3.05) is 6.54 Å². The zero-order valence-corrected chi connectivity index (χ0v) is 11.2. The van der Waals surface area contributed by atoms with E-state index in [1.807, 2.05) is 0 Å². The lowest BCUT2D eigenvalue weighted by atomic mass is 10.1. The maximum Gasteiger partial charge on any atom is 0.273 e. The van der Waals surface area contributed by atoms with Gasteiger partial charge in [0.15, 0.2) is 0 Å². The van der Waals surface area contributed by atoms with Crippen LogP contribution in [0.15, 0.2) is 48.5 Å². The molecule has 110 valence electrons. The SMILES string of the molecule is O=[N+]([O-])c1ccccc1CNCC(O)c1ccccc1F. The number of halogens is 1. The summed E-state index contributed by atoms with van der Waals surface area (Å²) in [6, 6.07) is 12.3. The van der Waals surface area contributed by atoms with Crippen molar-refractivity contribution >= 4 is 5.69 Å². The molecule has 0 aliphatic heterocycles. The lowest BCUT2D eigenvalue weighted by molar-refractivity contribution is -0.385. The summed E-state index contributed by atoms with van der Waals surface area (Å²) >= 11 is 0. The molecule has 0 aromatic heterocycles. The largest absolute Gasteiger partial charge is 0.387 e. The third kappa shape index (κ3) is 3.84. The van der Waals surface area contributed by atoms with Crippen molar-refractivity contribution in [2.45, 2.75) is 12.6 Å². The van der Waals surface area contributed by atoms with Crippen molar-refractivity contribution in [3.05, 3.63) is 75.6 Å². The number of aliphatic hydroxyl groups is 1. The first-order valence-electron chi connectivity index (χ1n) is 6.45. The van der Waals surface area contributed by atoms with Crippen LogP contribution in [0.25, 0.3) is 0 Å². The number of para-hydroxylation sites is 1. The Bertz CT molecular complexity index is 634. The van der Waals surface area contributed by atoms with Crippen LogP contribution in [0, 0.1) is 15.9 Å². The minimum absolute atomic E-state index is 0.0189. The molecule has 5 nitrogen and oxygen atoms in total. The summed E-state index contributed by atoms with van der Waals surface area (Å²) in [5.74, 6) is -0.475. The summed E-state index contributed by atoms with van der Waals surface area (Å²) in [5, 5.41) is 23.7. The molecule has 2 aromatic rings. The molecule has 0 spiro atoms. The monoisotopic (exact) mass is 290 g/mol. The minimum atomic E-state index is -1.01. The van der Waals surface area contributed by atoms with Crippen LogP contribution in [0.4, 0.5) is 10.1 Å². The van der Waals surface area contributed by atoms with E-state index in [4.69, 9.17) is 0 Å². The summed E-state index contributed by atoms with van der Waals surface area (Å²) in [4.78, 5) is 10.4. The van der Waals surface area contributed by atoms with Gasteiger partial charge in [-0.2, -0.15) is 0 Å².